The van der Waals surface area contributed by atoms with Crippen LogP contribution in [-0.2, 0) is 9.59 Å². The fraction of sp³-hybridized carbons (Fsp3) is 0.742. The molecule has 0 fully saturated rings. The number of benzene rings is 1. The highest BCUT2D eigenvalue weighted by Crippen LogP contribution is 2.16. The molecule has 1 aromatic rings. The molecule has 0 saturated carbocycles. The van der Waals surface area contributed by atoms with Crippen LogP contribution in [-0.4, -0.2) is 17.0 Å². The SMILES string of the molecule is O=C(O)CCCCCCCCCCCCCCCCCCCCCCCC(=O)Oc1ccccc1. The number of aliphatic carboxylic acids is 1. The molecule has 0 unspecified atom stereocenters. The van der Waals surface area contributed by atoms with Gasteiger partial charge in [-0.1, -0.05) is 140 Å². The Hall–Kier alpha value is -1.84. The lowest BCUT2D eigenvalue weighted by Gasteiger charge is -2.05. The molecule has 1 N–H and O–H groups in total. The second kappa shape index (κ2) is 23.9. The van der Waals surface area contributed by atoms with E-state index in [9.17, 15) is 9.59 Å². The van der Waals surface area contributed by atoms with Crippen molar-refractivity contribution in [3.05, 3.63) is 30.3 Å². The van der Waals surface area contributed by atoms with Gasteiger partial charge in [0.2, 0.25) is 0 Å². The highest BCUT2D eigenvalue weighted by atomic mass is 16.5. The van der Waals surface area contributed by atoms with Crippen LogP contribution in [0, 0.1) is 0 Å². The van der Waals surface area contributed by atoms with Crippen LogP contribution >= 0.6 is 0 Å². The zero-order chi connectivity index (χ0) is 25.2. The summed E-state index contributed by atoms with van der Waals surface area (Å²) in [6.07, 6.45) is 27.6. The third-order valence-electron chi connectivity index (χ3n) is 6.75. The second-order valence-corrected chi connectivity index (χ2v) is 10.1. The Morgan fingerprint density at radius 1 is 0.486 bits per heavy atom. The molecule has 0 bridgehead atoms. The summed E-state index contributed by atoms with van der Waals surface area (Å²) in [4.78, 5) is 22.2. The molecule has 0 saturated heterocycles. The van der Waals surface area contributed by atoms with Crippen LogP contribution in [0.5, 0.6) is 5.75 Å². The molecule has 0 aliphatic carbocycles. The van der Waals surface area contributed by atoms with Crippen LogP contribution in [0.1, 0.15) is 148 Å². The first-order valence-corrected chi connectivity index (χ1v) is 14.7. The summed E-state index contributed by atoms with van der Waals surface area (Å²) in [6.45, 7) is 0. The molecule has 0 aromatic heterocycles. The van der Waals surface area contributed by atoms with Gasteiger partial charge in [0.15, 0.2) is 0 Å². The normalized spacial score (nSPS) is 11.0. The van der Waals surface area contributed by atoms with Crippen molar-refractivity contribution < 1.29 is 19.4 Å². The molecule has 0 amide bonds. The molecule has 200 valence electrons. The van der Waals surface area contributed by atoms with Crippen LogP contribution in [0.2, 0.25) is 0 Å². The van der Waals surface area contributed by atoms with E-state index in [4.69, 9.17) is 9.84 Å². The number of carboxylic acid groups (broad SMARTS) is 1. The predicted molar refractivity (Wildman–Crippen MR) is 146 cm³/mol. The number of esters is 1. The van der Waals surface area contributed by atoms with E-state index in [1.807, 2.05) is 30.3 Å². The highest BCUT2D eigenvalue weighted by molar-refractivity contribution is 5.72. The van der Waals surface area contributed by atoms with E-state index < -0.39 is 5.97 Å². The van der Waals surface area contributed by atoms with Gasteiger partial charge in [0.1, 0.15) is 5.75 Å². The number of carbonyl (C=O) groups is 2. The molecule has 0 spiro atoms. The Morgan fingerprint density at radius 3 is 1.14 bits per heavy atom. The van der Waals surface area contributed by atoms with Gasteiger partial charge in [0, 0.05) is 12.8 Å². The van der Waals surface area contributed by atoms with Gasteiger partial charge in [-0.15, -0.1) is 0 Å². The number of rotatable bonds is 25. The summed E-state index contributed by atoms with van der Waals surface area (Å²) in [5.41, 5.74) is 0. The summed E-state index contributed by atoms with van der Waals surface area (Å²) in [5, 5.41) is 8.61. The summed E-state index contributed by atoms with van der Waals surface area (Å²) in [6, 6.07) is 9.32. The van der Waals surface area contributed by atoms with E-state index in [-0.39, 0.29) is 5.97 Å². The largest absolute Gasteiger partial charge is 0.481 e. The van der Waals surface area contributed by atoms with Gasteiger partial charge in [-0.2, -0.15) is 0 Å². The monoisotopic (exact) mass is 488 g/mol. The molecule has 0 heterocycles. The lowest BCUT2D eigenvalue weighted by atomic mass is 10.0. The molecular formula is C31H52O4. The van der Waals surface area contributed by atoms with Gasteiger partial charge in [0.05, 0.1) is 0 Å². The number of carboxylic acids is 1. The van der Waals surface area contributed by atoms with Crippen molar-refractivity contribution in [3.63, 3.8) is 0 Å². The first-order valence-electron chi connectivity index (χ1n) is 14.7. The van der Waals surface area contributed by atoms with Gasteiger partial charge in [-0.25, -0.2) is 0 Å². The summed E-state index contributed by atoms with van der Waals surface area (Å²) < 4.78 is 5.31. The zero-order valence-corrected chi connectivity index (χ0v) is 22.3. The minimum absolute atomic E-state index is 0.116. The molecule has 0 radical (unpaired) electrons. The average Bonchev–Trinajstić information content (AvgIpc) is 2.85. The summed E-state index contributed by atoms with van der Waals surface area (Å²) in [5.74, 6) is -0.136. The summed E-state index contributed by atoms with van der Waals surface area (Å²) in [7, 11) is 0. The number of carbonyl (C=O) groups excluding carboxylic acids is 1. The molecule has 0 aliphatic rings. The molecule has 0 atom stereocenters. The number of unbranched alkanes of at least 4 members (excludes halogenated alkanes) is 20. The standard InChI is InChI=1S/C31H52O4/c32-30(33)27-23-18-16-14-12-10-8-6-4-2-1-3-5-7-9-11-13-15-17-19-24-28-31(34)35-29-25-21-20-22-26-29/h20-22,25-26H,1-19,23-24,27-28H2,(H,32,33). The van der Waals surface area contributed by atoms with Crippen molar-refractivity contribution in [1.29, 1.82) is 0 Å². The molecular weight excluding hydrogens is 436 g/mol. The van der Waals surface area contributed by atoms with Crippen molar-refractivity contribution in [2.45, 2.75) is 148 Å². The number of hydrogen-bond acceptors (Lipinski definition) is 3. The van der Waals surface area contributed by atoms with Crippen LogP contribution in [0.3, 0.4) is 0 Å². The van der Waals surface area contributed by atoms with E-state index >= 15 is 0 Å². The lowest BCUT2D eigenvalue weighted by Crippen LogP contribution is -2.07. The summed E-state index contributed by atoms with van der Waals surface area (Å²) >= 11 is 0. The van der Waals surface area contributed by atoms with Gasteiger partial charge in [-0.3, -0.25) is 9.59 Å². The molecule has 0 aliphatic heterocycles. The number of ether oxygens (including phenoxy) is 1. The van der Waals surface area contributed by atoms with Gasteiger partial charge in [-0.05, 0) is 25.0 Å². The fourth-order valence-electron chi connectivity index (χ4n) is 4.58. The van der Waals surface area contributed by atoms with E-state index in [1.165, 1.54) is 109 Å². The minimum atomic E-state index is -0.662. The Morgan fingerprint density at radius 2 is 0.800 bits per heavy atom. The third-order valence-corrected chi connectivity index (χ3v) is 6.75. The van der Waals surface area contributed by atoms with Crippen molar-refractivity contribution >= 4 is 11.9 Å². The highest BCUT2D eigenvalue weighted by Gasteiger charge is 2.04. The molecule has 35 heavy (non-hydrogen) atoms. The van der Waals surface area contributed by atoms with E-state index in [0.717, 1.165) is 25.7 Å². The number of hydrogen-bond donors (Lipinski definition) is 1. The smallest absolute Gasteiger partial charge is 0.311 e. The predicted octanol–water partition coefficient (Wildman–Crippen LogP) is 9.65. The first-order chi connectivity index (χ1) is 17.2. The maximum atomic E-state index is 11.8. The average molecular weight is 489 g/mol. The minimum Gasteiger partial charge on any atom is -0.481 e. The van der Waals surface area contributed by atoms with Gasteiger partial charge in [0.25, 0.3) is 0 Å². The van der Waals surface area contributed by atoms with Crippen LogP contribution in [0.4, 0.5) is 0 Å². The Bertz CT molecular complexity index is 614. The maximum absolute atomic E-state index is 11.8. The Labute approximate surface area is 215 Å². The van der Waals surface area contributed by atoms with Crippen molar-refractivity contribution in [3.8, 4) is 5.75 Å². The van der Waals surface area contributed by atoms with Gasteiger partial charge >= 0.3 is 11.9 Å². The topological polar surface area (TPSA) is 63.6 Å². The zero-order valence-electron chi connectivity index (χ0n) is 22.3. The fourth-order valence-corrected chi connectivity index (χ4v) is 4.58. The van der Waals surface area contributed by atoms with E-state index in [2.05, 4.69) is 0 Å². The van der Waals surface area contributed by atoms with Crippen LogP contribution < -0.4 is 4.74 Å². The maximum Gasteiger partial charge on any atom is 0.311 e. The van der Waals surface area contributed by atoms with E-state index in [1.54, 1.807) is 0 Å². The van der Waals surface area contributed by atoms with Crippen molar-refractivity contribution in [2.75, 3.05) is 0 Å². The van der Waals surface area contributed by atoms with E-state index in [0.29, 0.717) is 18.6 Å². The molecule has 4 nitrogen and oxygen atoms in total. The molecule has 4 heteroatoms. The lowest BCUT2D eigenvalue weighted by molar-refractivity contribution is -0.137. The number of para-hydroxylation sites is 1. The van der Waals surface area contributed by atoms with Gasteiger partial charge < -0.3 is 9.84 Å². The Kier molecular flexibility index (Phi) is 21.3. The first kappa shape index (κ1) is 31.2. The second-order valence-electron chi connectivity index (χ2n) is 10.1. The van der Waals surface area contributed by atoms with Crippen LogP contribution in [0.15, 0.2) is 30.3 Å². The van der Waals surface area contributed by atoms with Crippen molar-refractivity contribution in [1.82, 2.24) is 0 Å². The molecule has 1 rings (SSSR count). The molecule has 1 aromatic carbocycles. The van der Waals surface area contributed by atoms with Crippen LogP contribution in [0.25, 0.3) is 0 Å². The Balaban J connectivity index is 1.69. The third kappa shape index (κ3) is 22.4. The quantitative estimate of drug-likeness (QED) is 0.0845. The van der Waals surface area contributed by atoms with Crippen molar-refractivity contribution in [2.24, 2.45) is 0 Å².